The van der Waals surface area contributed by atoms with E-state index in [0.717, 1.165) is 24.1 Å². The first-order valence-corrected chi connectivity index (χ1v) is 5.55. The van der Waals surface area contributed by atoms with Crippen LogP contribution >= 0.6 is 0 Å². The molecule has 1 heterocycles. The molecule has 0 bridgehead atoms. The average Bonchev–Trinajstić information content (AvgIpc) is 2.31. The van der Waals surface area contributed by atoms with Crippen molar-refractivity contribution in [3.63, 3.8) is 0 Å². The molecule has 3 N–H and O–H groups in total. The second kappa shape index (κ2) is 4.73. The average molecular weight is 236 g/mol. The highest BCUT2D eigenvalue weighted by Crippen LogP contribution is 2.32. The van der Waals surface area contributed by atoms with Gasteiger partial charge in [-0.15, -0.1) is 0 Å². The van der Waals surface area contributed by atoms with E-state index >= 15 is 0 Å². The van der Waals surface area contributed by atoms with Crippen molar-refractivity contribution in [1.29, 1.82) is 0 Å². The Labute approximate surface area is 99.7 Å². The van der Waals surface area contributed by atoms with Crippen LogP contribution in [0.3, 0.4) is 0 Å². The van der Waals surface area contributed by atoms with Crippen molar-refractivity contribution in [3.05, 3.63) is 29.3 Å². The van der Waals surface area contributed by atoms with Crippen LogP contribution in [0.2, 0.25) is 0 Å². The molecule has 17 heavy (non-hydrogen) atoms. The molecule has 5 heteroatoms. The largest absolute Gasteiger partial charge is 0.480 e. The van der Waals surface area contributed by atoms with Gasteiger partial charge in [0.1, 0.15) is 12.8 Å². The molecule has 0 saturated heterocycles. The standard InChI is InChI=1S/C12H16N2O3/c1-14-6-5-8-3-2-4-9(11(8)12(14)17)13-7-10(15)16/h2-4,12-13,17H,5-7H2,1H3,(H,15,16). The highest BCUT2D eigenvalue weighted by molar-refractivity contribution is 5.73. The summed E-state index contributed by atoms with van der Waals surface area (Å²) in [6.07, 6.45) is 0.196. The van der Waals surface area contributed by atoms with Gasteiger partial charge in [0.15, 0.2) is 0 Å². The smallest absolute Gasteiger partial charge is 0.322 e. The molecule has 1 atom stereocenters. The molecule has 1 unspecified atom stereocenters. The minimum absolute atomic E-state index is 0.146. The first kappa shape index (κ1) is 11.9. The Morgan fingerprint density at radius 2 is 2.35 bits per heavy atom. The molecule has 0 radical (unpaired) electrons. The number of aliphatic hydroxyl groups excluding tert-OH is 1. The van der Waals surface area contributed by atoms with Crippen LogP contribution in [-0.4, -0.2) is 41.2 Å². The summed E-state index contributed by atoms with van der Waals surface area (Å²) in [6, 6.07) is 5.64. The third kappa shape index (κ3) is 2.40. The van der Waals surface area contributed by atoms with E-state index in [-0.39, 0.29) is 6.54 Å². The molecule has 0 aromatic heterocycles. The van der Waals surface area contributed by atoms with E-state index in [1.165, 1.54) is 0 Å². The predicted molar refractivity (Wildman–Crippen MR) is 63.9 cm³/mol. The quantitative estimate of drug-likeness (QED) is 0.719. The Balaban J connectivity index is 2.30. The SMILES string of the molecule is CN1CCc2cccc(NCC(=O)O)c2C1O. The summed E-state index contributed by atoms with van der Waals surface area (Å²) in [6.45, 7) is 0.656. The fourth-order valence-electron chi connectivity index (χ4n) is 2.10. The molecule has 92 valence electrons. The van der Waals surface area contributed by atoms with Crippen LogP contribution in [-0.2, 0) is 11.2 Å². The zero-order valence-electron chi connectivity index (χ0n) is 9.68. The number of aliphatic hydroxyl groups is 1. The van der Waals surface area contributed by atoms with E-state index in [4.69, 9.17) is 5.11 Å². The Morgan fingerprint density at radius 1 is 1.59 bits per heavy atom. The topological polar surface area (TPSA) is 72.8 Å². The van der Waals surface area contributed by atoms with Crippen LogP contribution in [0.25, 0.3) is 0 Å². The van der Waals surface area contributed by atoms with Gasteiger partial charge in [0.25, 0.3) is 0 Å². The number of fused-ring (bicyclic) bond motifs is 1. The lowest BCUT2D eigenvalue weighted by Gasteiger charge is -2.32. The van der Waals surface area contributed by atoms with Crippen LogP contribution in [0.4, 0.5) is 5.69 Å². The van der Waals surface area contributed by atoms with Crippen molar-refractivity contribution in [1.82, 2.24) is 4.90 Å². The van der Waals surface area contributed by atoms with E-state index in [0.29, 0.717) is 5.69 Å². The molecule has 1 aromatic carbocycles. The van der Waals surface area contributed by atoms with Gasteiger partial charge >= 0.3 is 5.97 Å². The molecule has 1 aliphatic heterocycles. The highest BCUT2D eigenvalue weighted by Gasteiger charge is 2.25. The lowest BCUT2D eigenvalue weighted by Crippen LogP contribution is -2.32. The number of rotatable bonds is 3. The van der Waals surface area contributed by atoms with Gasteiger partial charge in [-0.05, 0) is 25.1 Å². The molecule has 0 fully saturated rings. The van der Waals surface area contributed by atoms with Crippen molar-refractivity contribution in [2.45, 2.75) is 12.6 Å². The number of nitrogens with one attached hydrogen (secondary N) is 1. The Hall–Kier alpha value is -1.59. The van der Waals surface area contributed by atoms with E-state index in [1.807, 2.05) is 24.1 Å². The number of hydrogen-bond acceptors (Lipinski definition) is 4. The molecule has 1 aliphatic rings. The van der Waals surface area contributed by atoms with Gasteiger partial charge in [-0.1, -0.05) is 12.1 Å². The number of anilines is 1. The van der Waals surface area contributed by atoms with E-state index < -0.39 is 12.2 Å². The zero-order valence-corrected chi connectivity index (χ0v) is 9.68. The van der Waals surface area contributed by atoms with Gasteiger partial charge in [-0.2, -0.15) is 0 Å². The Kier molecular flexibility index (Phi) is 3.31. The summed E-state index contributed by atoms with van der Waals surface area (Å²) >= 11 is 0. The molecular weight excluding hydrogens is 220 g/mol. The van der Waals surface area contributed by atoms with E-state index in [2.05, 4.69) is 5.32 Å². The van der Waals surface area contributed by atoms with Gasteiger partial charge in [-0.3, -0.25) is 9.69 Å². The first-order valence-electron chi connectivity index (χ1n) is 5.55. The van der Waals surface area contributed by atoms with Crippen molar-refractivity contribution in [3.8, 4) is 0 Å². The minimum atomic E-state index is -0.916. The fraction of sp³-hybridized carbons (Fsp3) is 0.417. The maximum absolute atomic E-state index is 10.6. The van der Waals surface area contributed by atoms with Gasteiger partial charge in [0, 0.05) is 17.8 Å². The summed E-state index contributed by atoms with van der Waals surface area (Å²) in [5.41, 5.74) is 2.57. The third-order valence-electron chi connectivity index (χ3n) is 3.04. The molecule has 5 nitrogen and oxygen atoms in total. The molecule has 1 aromatic rings. The van der Waals surface area contributed by atoms with Crippen LogP contribution in [0.5, 0.6) is 0 Å². The molecule has 0 amide bonds. The monoisotopic (exact) mass is 236 g/mol. The van der Waals surface area contributed by atoms with E-state index in [9.17, 15) is 9.90 Å². The lowest BCUT2D eigenvalue weighted by molar-refractivity contribution is -0.134. The van der Waals surface area contributed by atoms with Crippen LogP contribution in [0.1, 0.15) is 17.4 Å². The summed E-state index contributed by atoms with van der Waals surface area (Å²) < 4.78 is 0. The maximum atomic E-state index is 10.6. The number of carboxylic acids is 1. The number of nitrogens with zero attached hydrogens (tertiary/aromatic N) is 1. The zero-order chi connectivity index (χ0) is 12.4. The fourth-order valence-corrected chi connectivity index (χ4v) is 2.10. The molecule has 2 rings (SSSR count). The maximum Gasteiger partial charge on any atom is 0.322 e. The number of hydrogen-bond donors (Lipinski definition) is 3. The van der Waals surface area contributed by atoms with Gasteiger partial charge in [0.05, 0.1) is 0 Å². The lowest BCUT2D eigenvalue weighted by atomic mass is 9.96. The summed E-state index contributed by atoms with van der Waals surface area (Å²) in [4.78, 5) is 12.4. The number of benzene rings is 1. The van der Waals surface area contributed by atoms with Crippen LogP contribution < -0.4 is 5.32 Å². The van der Waals surface area contributed by atoms with Crippen molar-refractivity contribution < 1.29 is 15.0 Å². The number of aliphatic carboxylic acids is 1. The summed E-state index contributed by atoms with van der Waals surface area (Å²) in [5, 5.41) is 21.6. The second-order valence-electron chi connectivity index (χ2n) is 4.23. The number of carbonyl (C=O) groups is 1. The van der Waals surface area contributed by atoms with E-state index in [1.54, 1.807) is 6.07 Å². The third-order valence-corrected chi connectivity index (χ3v) is 3.04. The highest BCUT2D eigenvalue weighted by atomic mass is 16.4. The number of carboxylic acid groups (broad SMARTS) is 1. The predicted octanol–water partition coefficient (Wildman–Crippen LogP) is 0.662. The van der Waals surface area contributed by atoms with Crippen molar-refractivity contribution >= 4 is 11.7 Å². The van der Waals surface area contributed by atoms with Gasteiger partial charge in [-0.25, -0.2) is 0 Å². The Bertz CT molecular complexity index is 434. The normalized spacial score (nSPS) is 19.8. The minimum Gasteiger partial charge on any atom is -0.480 e. The molecular formula is C12H16N2O3. The van der Waals surface area contributed by atoms with Crippen LogP contribution in [0.15, 0.2) is 18.2 Å². The second-order valence-corrected chi connectivity index (χ2v) is 4.23. The van der Waals surface area contributed by atoms with Crippen LogP contribution in [0, 0.1) is 0 Å². The summed E-state index contributed by atoms with van der Waals surface area (Å²) in [5.74, 6) is -0.916. The molecule has 0 spiro atoms. The molecule has 0 aliphatic carbocycles. The van der Waals surface area contributed by atoms with Crippen molar-refractivity contribution in [2.24, 2.45) is 0 Å². The Morgan fingerprint density at radius 3 is 3.06 bits per heavy atom. The van der Waals surface area contributed by atoms with Crippen molar-refractivity contribution in [2.75, 3.05) is 25.5 Å². The summed E-state index contributed by atoms with van der Waals surface area (Å²) in [7, 11) is 1.85. The first-order chi connectivity index (χ1) is 8.09. The van der Waals surface area contributed by atoms with Gasteiger partial charge in [0.2, 0.25) is 0 Å². The number of likely N-dealkylation sites (N-methyl/N-ethyl adjacent to an activating group) is 1. The van der Waals surface area contributed by atoms with Gasteiger partial charge < -0.3 is 15.5 Å². The molecule has 0 saturated carbocycles.